The molecule has 0 aliphatic heterocycles. The molecule has 0 amide bonds. The van der Waals surface area contributed by atoms with Gasteiger partial charge < -0.3 is 4.90 Å². The summed E-state index contributed by atoms with van der Waals surface area (Å²) in [5.41, 5.74) is 2.93. The minimum absolute atomic E-state index is 0.687. The maximum absolute atomic E-state index is 2.47. The largest absolute Gasteiger partial charge is 0.304 e. The highest BCUT2D eigenvalue weighted by Crippen LogP contribution is 2.18. The second-order valence-corrected chi connectivity index (χ2v) is 4.83. The number of benzene rings is 1. The second-order valence-electron chi connectivity index (χ2n) is 4.83. The third-order valence-electron chi connectivity index (χ3n) is 3.77. The van der Waals surface area contributed by atoms with Crippen LogP contribution in [-0.4, -0.2) is 24.5 Å². The highest BCUT2D eigenvalue weighted by molar-refractivity contribution is 5.25. The summed E-state index contributed by atoms with van der Waals surface area (Å²) in [5.74, 6) is 0.687. The normalized spacial score (nSPS) is 13.0. The van der Waals surface area contributed by atoms with E-state index in [1.165, 1.54) is 30.5 Å². The molecule has 1 aromatic carbocycles. The van der Waals surface area contributed by atoms with Gasteiger partial charge in [0.05, 0.1) is 0 Å². The summed E-state index contributed by atoms with van der Waals surface area (Å²) in [7, 11) is 0. The molecule has 17 heavy (non-hydrogen) atoms. The Morgan fingerprint density at radius 3 is 2.06 bits per heavy atom. The Kier molecular flexibility index (Phi) is 6.28. The fraction of sp³-hybridized carbons (Fsp3) is 0.625. The molecule has 1 rings (SSSR count). The summed E-state index contributed by atoms with van der Waals surface area (Å²) >= 11 is 0. The van der Waals surface area contributed by atoms with Crippen LogP contribution in [0.1, 0.15) is 51.2 Å². The molecule has 0 aliphatic rings. The van der Waals surface area contributed by atoms with Gasteiger partial charge in [0, 0.05) is 6.54 Å². The van der Waals surface area contributed by atoms with Gasteiger partial charge in [-0.3, -0.25) is 0 Å². The SMILES string of the molecule is CCC(C)c1ccc(CCN(CC)CC)cc1. The average molecular weight is 233 g/mol. The summed E-state index contributed by atoms with van der Waals surface area (Å²) in [6, 6.07) is 9.19. The molecule has 96 valence electrons. The molecule has 1 heteroatoms. The summed E-state index contributed by atoms with van der Waals surface area (Å²) in [5, 5.41) is 0. The van der Waals surface area contributed by atoms with Gasteiger partial charge in [-0.2, -0.15) is 0 Å². The maximum Gasteiger partial charge on any atom is 0.00216 e. The summed E-state index contributed by atoms with van der Waals surface area (Å²) in [6.45, 7) is 12.5. The van der Waals surface area contributed by atoms with E-state index in [4.69, 9.17) is 0 Å². The third-order valence-corrected chi connectivity index (χ3v) is 3.77. The van der Waals surface area contributed by atoms with Crippen LogP contribution in [0.15, 0.2) is 24.3 Å². The van der Waals surface area contributed by atoms with Crippen LogP contribution in [0.25, 0.3) is 0 Å². The molecule has 1 aromatic rings. The van der Waals surface area contributed by atoms with E-state index in [1.807, 2.05) is 0 Å². The maximum atomic E-state index is 2.47. The molecule has 0 saturated heterocycles. The zero-order valence-corrected chi connectivity index (χ0v) is 11.9. The second kappa shape index (κ2) is 7.50. The molecule has 0 saturated carbocycles. The van der Waals surface area contributed by atoms with Crippen LogP contribution < -0.4 is 0 Å². The van der Waals surface area contributed by atoms with Crippen molar-refractivity contribution >= 4 is 0 Å². The highest BCUT2D eigenvalue weighted by Gasteiger charge is 2.03. The van der Waals surface area contributed by atoms with Gasteiger partial charge in [0.1, 0.15) is 0 Å². The molecule has 0 N–H and O–H groups in total. The molecular weight excluding hydrogens is 206 g/mol. The van der Waals surface area contributed by atoms with Gasteiger partial charge in [0.15, 0.2) is 0 Å². The van der Waals surface area contributed by atoms with Crippen molar-refractivity contribution in [3.63, 3.8) is 0 Å². The van der Waals surface area contributed by atoms with Crippen molar-refractivity contribution in [1.29, 1.82) is 0 Å². The number of rotatable bonds is 7. The predicted octanol–water partition coefficient (Wildman–Crippen LogP) is 4.08. The minimum Gasteiger partial charge on any atom is -0.304 e. The Bertz CT molecular complexity index is 298. The standard InChI is InChI=1S/C16H27N/c1-5-14(4)16-10-8-15(9-11-16)12-13-17(6-2)7-3/h8-11,14H,5-7,12-13H2,1-4H3. The lowest BCUT2D eigenvalue weighted by atomic mass is 9.97. The molecule has 0 radical (unpaired) electrons. The highest BCUT2D eigenvalue weighted by atomic mass is 15.1. The zero-order chi connectivity index (χ0) is 12.7. The molecule has 1 unspecified atom stereocenters. The number of hydrogen-bond donors (Lipinski definition) is 0. The number of hydrogen-bond acceptors (Lipinski definition) is 1. The Balaban J connectivity index is 2.50. The van der Waals surface area contributed by atoms with Crippen LogP contribution in [-0.2, 0) is 6.42 Å². The smallest absolute Gasteiger partial charge is 0.00216 e. The number of nitrogens with zero attached hydrogens (tertiary/aromatic N) is 1. The van der Waals surface area contributed by atoms with Crippen LogP contribution in [0, 0.1) is 0 Å². The van der Waals surface area contributed by atoms with Gasteiger partial charge in [0.25, 0.3) is 0 Å². The lowest BCUT2D eigenvalue weighted by Gasteiger charge is -2.18. The van der Waals surface area contributed by atoms with Crippen molar-refractivity contribution in [2.75, 3.05) is 19.6 Å². The molecule has 0 aliphatic carbocycles. The topological polar surface area (TPSA) is 3.24 Å². The first-order valence-corrected chi connectivity index (χ1v) is 7.02. The van der Waals surface area contributed by atoms with Crippen LogP contribution >= 0.6 is 0 Å². The molecule has 0 aromatic heterocycles. The van der Waals surface area contributed by atoms with E-state index in [0.717, 1.165) is 13.1 Å². The van der Waals surface area contributed by atoms with Crippen molar-refractivity contribution in [3.05, 3.63) is 35.4 Å². The monoisotopic (exact) mass is 233 g/mol. The van der Waals surface area contributed by atoms with E-state index in [9.17, 15) is 0 Å². The van der Waals surface area contributed by atoms with Crippen LogP contribution in [0.4, 0.5) is 0 Å². The minimum atomic E-state index is 0.687. The van der Waals surface area contributed by atoms with E-state index in [-0.39, 0.29) is 0 Å². The third kappa shape index (κ3) is 4.51. The summed E-state index contributed by atoms with van der Waals surface area (Å²) in [4.78, 5) is 2.47. The molecule has 1 atom stereocenters. The van der Waals surface area contributed by atoms with E-state index < -0.39 is 0 Å². The van der Waals surface area contributed by atoms with Crippen LogP contribution in [0.2, 0.25) is 0 Å². The Labute approximate surface area is 107 Å². The van der Waals surface area contributed by atoms with E-state index in [0.29, 0.717) is 5.92 Å². The lowest BCUT2D eigenvalue weighted by molar-refractivity contribution is 0.308. The van der Waals surface area contributed by atoms with Crippen molar-refractivity contribution in [2.24, 2.45) is 0 Å². The van der Waals surface area contributed by atoms with Crippen LogP contribution in [0.3, 0.4) is 0 Å². The molecule has 0 heterocycles. The Morgan fingerprint density at radius 1 is 1.00 bits per heavy atom. The fourth-order valence-corrected chi connectivity index (χ4v) is 2.08. The van der Waals surface area contributed by atoms with Crippen molar-refractivity contribution < 1.29 is 0 Å². The quantitative estimate of drug-likeness (QED) is 0.686. The molecule has 0 bridgehead atoms. The summed E-state index contributed by atoms with van der Waals surface area (Å²) < 4.78 is 0. The average Bonchev–Trinajstić information content (AvgIpc) is 2.39. The van der Waals surface area contributed by atoms with Gasteiger partial charge >= 0.3 is 0 Å². The van der Waals surface area contributed by atoms with E-state index in [2.05, 4.69) is 56.9 Å². The summed E-state index contributed by atoms with van der Waals surface area (Å²) in [6.07, 6.45) is 2.39. The zero-order valence-electron chi connectivity index (χ0n) is 11.9. The van der Waals surface area contributed by atoms with Gasteiger partial charge in [-0.1, -0.05) is 52.0 Å². The fourth-order valence-electron chi connectivity index (χ4n) is 2.08. The first-order valence-electron chi connectivity index (χ1n) is 7.02. The van der Waals surface area contributed by atoms with E-state index in [1.54, 1.807) is 0 Å². The van der Waals surface area contributed by atoms with Crippen molar-refractivity contribution in [3.8, 4) is 0 Å². The molecule has 1 nitrogen and oxygen atoms in total. The molecular formula is C16H27N. The first kappa shape index (κ1) is 14.2. The van der Waals surface area contributed by atoms with E-state index >= 15 is 0 Å². The van der Waals surface area contributed by atoms with Gasteiger partial charge in [-0.25, -0.2) is 0 Å². The predicted molar refractivity (Wildman–Crippen MR) is 76.6 cm³/mol. The Morgan fingerprint density at radius 2 is 1.59 bits per heavy atom. The molecule has 0 spiro atoms. The van der Waals surface area contributed by atoms with Gasteiger partial charge in [-0.15, -0.1) is 0 Å². The van der Waals surface area contributed by atoms with Gasteiger partial charge in [0.2, 0.25) is 0 Å². The van der Waals surface area contributed by atoms with Crippen molar-refractivity contribution in [1.82, 2.24) is 4.90 Å². The Hall–Kier alpha value is -0.820. The van der Waals surface area contributed by atoms with Crippen molar-refractivity contribution in [2.45, 2.75) is 46.5 Å². The van der Waals surface area contributed by atoms with Crippen LogP contribution in [0.5, 0.6) is 0 Å². The number of likely N-dealkylation sites (N-methyl/N-ethyl adjacent to an activating group) is 1. The first-order chi connectivity index (χ1) is 8.21. The van der Waals surface area contributed by atoms with Gasteiger partial charge in [-0.05, 0) is 43.0 Å². The lowest BCUT2D eigenvalue weighted by Crippen LogP contribution is -2.25. The molecule has 0 fully saturated rings.